The van der Waals surface area contributed by atoms with Crippen LogP contribution in [0, 0.1) is 0 Å². The SMILES string of the molecule is CCN[Si](c1ccccc1)(N(C)C)N(CC)CC. The zero-order valence-corrected chi connectivity index (χ0v) is 13.4. The number of hydrogen-bond acceptors (Lipinski definition) is 3. The summed E-state index contributed by atoms with van der Waals surface area (Å²) in [4.78, 5) is 3.80. The van der Waals surface area contributed by atoms with Gasteiger partial charge in [0.05, 0.1) is 0 Å². The number of nitrogens with one attached hydrogen (secondary N) is 1. The van der Waals surface area contributed by atoms with E-state index >= 15 is 0 Å². The molecular weight excluding hydrogens is 238 g/mol. The number of nitrogens with zero attached hydrogens (tertiary/aromatic N) is 2. The van der Waals surface area contributed by atoms with Gasteiger partial charge in [-0.25, -0.2) is 0 Å². The summed E-state index contributed by atoms with van der Waals surface area (Å²) in [5.41, 5.74) is 0. The van der Waals surface area contributed by atoms with Gasteiger partial charge in [0, 0.05) is 0 Å². The summed E-state index contributed by atoms with van der Waals surface area (Å²) in [5, 5.41) is 1.43. The lowest BCUT2D eigenvalue weighted by Gasteiger charge is -2.45. The second-order valence-electron chi connectivity index (χ2n) is 4.64. The molecule has 0 spiro atoms. The van der Waals surface area contributed by atoms with Crippen LogP contribution in [-0.4, -0.2) is 51.4 Å². The Morgan fingerprint density at radius 1 is 1.00 bits per heavy atom. The number of hydrogen-bond donors (Lipinski definition) is 1. The van der Waals surface area contributed by atoms with Crippen LogP contribution in [0.25, 0.3) is 0 Å². The van der Waals surface area contributed by atoms with Crippen LogP contribution in [0.3, 0.4) is 0 Å². The van der Waals surface area contributed by atoms with Crippen molar-refractivity contribution in [2.24, 2.45) is 0 Å². The lowest BCUT2D eigenvalue weighted by molar-refractivity contribution is 0.393. The van der Waals surface area contributed by atoms with E-state index in [1.807, 2.05) is 0 Å². The zero-order valence-electron chi connectivity index (χ0n) is 12.4. The Bertz CT molecular complexity index is 338. The molecule has 0 aliphatic rings. The highest BCUT2D eigenvalue weighted by Crippen LogP contribution is 2.10. The van der Waals surface area contributed by atoms with Crippen LogP contribution in [0.4, 0.5) is 0 Å². The molecule has 0 fully saturated rings. The lowest BCUT2D eigenvalue weighted by Crippen LogP contribution is -2.79. The van der Waals surface area contributed by atoms with Gasteiger partial charge < -0.3 is 9.55 Å². The van der Waals surface area contributed by atoms with Gasteiger partial charge in [0.25, 0.3) is 0 Å². The molecule has 0 saturated heterocycles. The van der Waals surface area contributed by atoms with E-state index in [4.69, 9.17) is 0 Å². The molecular formula is C14H27N3Si. The van der Waals surface area contributed by atoms with Crippen molar-refractivity contribution in [1.82, 2.24) is 14.1 Å². The van der Waals surface area contributed by atoms with Crippen LogP contribution in [0.2, 0.25) is 0 Å². The summed E-state index contributed by atoms with van der Waals surface area (Å²) in [6.45, 7) is 9.82. The molecule has 0 aliphatic carbocycles. The first kappa shape index (κ1) is 15.4. The summed E-state index contributed by atoms with van der Waals surface area (Å²) < 4.78 is 4.99. The van der Waals surface area contributed by atoms with Crippen molar-refractivity contribution in [1.29, 1.82) is 0 Å². The Kier molecular flexibility index (Phi) is 6.01. The average molecular weight is 265 g/mol. The Labute approximate surface area is 113 Å². The quantitative estimate of drug-likeness (QED) is 0.751. The highest BCUT2D eigenvalue weighted by atomic mass is 28.4. The van der Waals surface area contributed by atoms with E-state index in [1.54, 1.807) is 0 Å². The van der Waals surface area contributed by atoms with E-state index in [2.05, 4.69) is 79.3 Å². The lowest BCUT2D eigenvalue weighted by atomic mass is 10.4. The third-order valence-electron chi connectivity index (χ3n) is 3.47. The maximum atomic E-state index is 3.80. The molecule has 1 N–H and O–H groups in total. The highest BCUT2D eigenvalue weighted by molar-refractivity contribution is 6.85. The predicted molar refractivity (Wildman–Crippen MR) is 82.1 cm³/mol. The summed E-state index contributed by atoms with van der Waals surface area (Å²) in [7, 11) is 2.43. The molecule has 1 atom stereocenters. The van der Waals surface area contributed by atoms with Crippen LogP contribution in [0.1, 0.15) is 20.8 Å². The fourth-order valence-corrected chi connectivity index (χ4v) is 6.95. The minimum absolute atomic E-state index is 0.996. The molecule has 1 rings (SSSR count). The van der Waals surface area contributed by atoms with E-state index < -0.39 is 8.56 Å². The molecule has 0 bridgehead atoms. The molecule has 18 heavy (non-hydrogen) atoms. The van der Waals surface area contributed by atoms with Gasteiger partial charge in [0.15, 0.2) is 0 Å². The summed E-state index contributed by atoms with van der Waals surface area (Å²) >= 11 is 0. The van der Waals surface area contributed by atoms with Gasteiger partial charge in [0.2, 0.25) is 0 Å². The number of rotatable bonds is 7. The summed E-state index contributed by atoms with van der Waals surface area (Å²) in [5.74, 6) is 0. The molecule has 4 heteroatoms. The van der Waals surface area contributed by atoms with Crippen molar-refractivity contribution < 1.29 is 0 Å². The molecule has 1 unspecified atom stereocenters. The minimum Gasteiger partial charge on any atom is -0.310 e. The Morgan fingerprint density at radius 3 is 1.94 bits per heavy atom. The van der Waals surface area contributed by atoms with E-state index in [0.29, 0.717) is 0 Å². The molecule has 0 heterocycles. The van der Waals surface area contributed by atoms with E-state index in [0.717, 1.165) is 19.6 Å². The molecule has 0 saturated carbocycles. The maximum absolute atomic E-state index is 3.80. The van der Waals surface area contributed by atoms with E-state index in [1.165, 1.54) is 5.19 Å². The average Bonchev–Trinajstić information content (AvgIpc) is 2.39. The normalized spacial score (nSPS) is 15.1. The maximum Gasteiger partial charge on any atom is 0.320 e. The van der Waals surface area contributed by atoms with E-state index in [-0.39, 0.29) is 0 Å². The molecule has 1 aromatic rings. The van der Waals surface area contributed by atoms with Crippen molar-refractivity contribution in [3.63, 3.8) is 0 Å². The van der Waals surface area contributed by atoms with Gasteiger partial charge >= 0.3 is 8.56 Å². The Balaban J connectivity index is 3.29. The summed E-state index contributed by atoms with van der Waals surface area (Å²) in [6, 6.07) is 10.9. The van der Waals surface area contributed by atoms with Crippen LogP contribution in [0.15, 0.2) is 30.3 Å². The van der Waals surface area contributed by atoms with Crippen LogP contribution in [-0.2, 0) is 0 Å². The van der Waals surface area contributed by atoms with Gasteiger partial charge in [0.1, 0.15) is 0 Å². The molecule has 1 aromatic carbocycles. The van der Waals surface area contributed by atoms with Crippen LogP contribution in [0.5, 0.6) is 0 Å². The van der Waals surface area contributed by atoms with Gasteiger partial charge in [-0.1, -0.05) is 51.1 Å². The second kappa shape index (κ2) is 7.04. The van der Waals surface area contributed by atoms with Gasteiger partial charge in [-0.3, -0.25) is 4.57 Å². The second-order valence-corrected chi connectivity index (χ2v) is 8.44. The highest BCUT2D eigenvalue weighted by Gasteiger charge is 2.43. The third-order valence-corrected chi connectivity index (χ3v) is 8.30. The summed E-state index contributed by atoms with van der Waals surface area (Å²) in [6.07, 6.45) is 0. The monoisotopic (exact) mass is 265 g/mol. The molecule has 0 aromatic heterocycles. The van der Waals surface area contributed by atoms with Crippen molar-refractivity contribution >= 4 is 13.7 Å². The molecule has 0 radical (unpaired) electrons. The Morgan fingerprint density at radius 2 is 1.56 bits per heavy atom. The van der Waals surface area contributed by atoms with Crippen molar-refractivity contribution in [3.05, 3.63) is 30.3 Å². The molecule has 0 aliphatic heterocycles. The van der Waals surface area contributed by atoms with Crippen molar-refractivity contribution in [2.45, 2.75) is 20.8 Å². The smallest absolute Gasteiger partial charge is 0.310 e. The van der Waals surface area contributed by atoms with Crippen molar-refractivity contribution in [3.8, 4) is 0 Å². The Hall–Kier alpha value is -0.683. The topological polar surface area (TPSA) is 18.5 Å². The predicted octanol–water partition coefficient (Wildman–Crippen LogP) is 1.35. The minimum atomic E-state index is -1.96. The fraction of sp³-hybridized carbons (Fsp3) is 0.571. The van der Waals surface area contributed by atoms with Crippen LogP contribution >= 0.6 is 0 Å². The standard InChI is InChI=1S/C14H27N3Si/c1-6-15-18(16(4)5,17(7-2)8-3)14-12-10-9-11-13-14/h9-13,15H,6-8H2,1-5H3. The van der Waals surface area contributed by atoms with Crippen molar-refractivity contribution in [2.75, 3.05) is 33.7 Å². The first-order valence-corrected chi connectivity index (χ1v) is 8.75. The number of benzene rings is 1. The molecule has 0 amide bonds. The van der Waals surface area contributed by atoms with Gasteiger partial charge in [-0.2, -0.15) is 0 Å². The van der Waals surface area contributed by atoms with Crippen LogP contribution < -0.4 is 10.2 Å². The first-order valence-electron chi connectivity index (χ1n) is 6.86. The zero-order chi connectivity index (χ0) is 13.6. The largest absolute Gasteiger partial charge is 0.320 e. The van der Waals surface area contributed by atoms with E-state index in [9.17, 15) is 0 Å². The first-order chi connectivity index (χ1) is 8.63. The third kappa shape index (κ3) is 2.83. The molecule has 102 valence electrons. The molecule has 3 nitrogen and oxygen atoms in total. The fourth-order valence-electron chi connectivity index (χ4n) is 2.69. The van der Waals surface area contributed by atoms with Gasteiger partial charge in [-0.15, -0.1) is 0 Å². The van der Waals surface area contributed by atoms with Gasteiger partial charge in [-0.05, 0) is 38.9 Å².